The van der Waals surface area contributed by atoms with E-state index in [1.807, 2.05) is 23.2 Å². The number of piperidine rings is 1. The minimum absolute atomic E-state index is 0.192. The predicted octanol–water partition coefficient (Wildman–Crippen LogP) is 2.09. The number of aromatic nitrogens is 1. The molecule has 0 spiro atoms. The van der Waals surface area contributed by atoms with E-state index in [-0.39, 0.29) is 6.04 Å². The van der Waals surface area contributed by atoms with Gasteiger partial charge in [0.15, 0.2) is 0 Å². The number of carbonyl (C=O) groups excluding carboxylic acids is 1. The lowest BCUT2D eigenvalue weighted by Crippen LogP contribution is -2.37. The van der Waals surface area contributed by atoms with Crippen molar-refractivity contribution in [2.24, 2.45) is 0 Å². The molecule has 76 valence electrons. The van der Waals surface area contributed by atoms with Crippen LogP contribution >= 0.6 is 0 Å². The summed E-state index contributed by atoms with van der Waals surface area (Å²) in [5, 5.41) is 0. The van der Waals surface area contributed by atoms with E-state index in [1.165, 1.54) is 0 Å². The van der Waals surface area contributed by atoms with Gasteiger partial charge in [-0.25, -0.2) is 0 Å². The van der Waals surface area contributed by atoms with Crippen LogP contribution in [0.15, 0.2) is 18.3 Å². The first-order valence-corrected chi connectivity index (χ1v) is 5.22. The zero-order valence-electron chi connectivity index (χ0n) is 8.49. The summed E-state index contributed by atoms with van der Waals surface area (Å²) >= 11 is 0. The molecule has 1 aromatic rings. The Morgan fingerprint density at radius 1 is 1.50 bits per heavy atom. The molecule has 3 heteroatoms. The Hall–Kier alpha value is -1.25. The fraction of sp³-hybridized carbons (Fsp3) is 0.545. The second-order valence-corrected chi connectivity index (χ2v) is 3.85. The summed E-state index contributed by atoms with van der Waals surface area (Å²) in [7, 11) is 0. The highest BCUT2D eigenvalue weighted by Gasteiger charge is 2.24. The van der Waals surface area contributed by atoms with E-state index >= 15 is 0 Å². The molecule has 1 aromatic heterocycles. The average Bonchev–Trinajstić information content (AvgIpc) is 2.70. The molecule has 0 radical (unpaired) electrons. The van der Waals surface area contributed by atoms with Crippen LogP contribution in [0.5, 0.6) is 0 Å². The maximum Gasteiger partial charge on any atom is 0.223 e. The van der Waals surface area contributed by atoms with Gasteiger partial charge in [-0.1, -0.05) is 0 Å². The van der Waals surface area contributed by atoms with Crippen molar-refractivity contribution in [1.29, 1.82) is 0 Å². The second kappa shape index (κ2) is 3.86. The number of aromatic amines is 1. The van der Waals surface area contributed by atoms with Crippen LogP contribution in [-0.2, 0) is 4.79 Å². The fourth-order valence-electron chi connectivity index (χ4n) is 2.01. The molecule has 0 aromatic carbocycles. The molecule has 1 N–H and O–H groups in total. The largest absolute Gasteiger partial charge is 0.363 e. The van der Waals surface area contributed by atoms with Gasteiger partial charge in [0, 0.05) is 24.9 Å². The summed E-state index contributed by atoms with van der Waals surface area (Å²) in [6.45, 7) is 2.98. The van der Waals surface area contributed by atoms with Crippen LogP contribution in [0.1, 0.15) is 37.9 Å². The Balaban J connectivity index is 2.10. The van der Waals surface area contributed by atoms with Gasteiger partial charge in [0.25, 0.3) is 0 Å². The number of rotatable bonds is 2. The van der Waals surface area contributed by atoms with Crippen molar-refractivity contribution in [2.45, 2.75) is 32.2 Å². The van der Waals surface area contributed by atoms with E-state index < -0.39 is 0 Å². The number of likely N-dealkylation sites (tertiary alicyclic amines) is 1. The van der Waals surface area contributed by atoms with Crippen molar-refractivity contribution in [3.8, 4) is 0 Å². The van der Waals surface area contributed by atoms with E-state index in [0.29, 0.717) is 12.3 Å². The minimum Gasteiger partial charge on any atom is -0.363 e. The van der Waals surface area contributed by atoms with Crippen molar-refractivity contribution in [3.05, 3.63) is 24.0 Å². The first kappa shape index (κ1) is 9.31. The summed E-state index contributed by atoms with van der Waals surface area (Å²) in [6.07, 6.45) is 4.80. The third-order valence-corrected chi connectivity index (χ3v) is 2.90. The van der Waals surface area contributed by atoms with Crippen molar-refractivity contribution < 1.29 is 4.79 Å². The second-order valence-electron chi connectivity index (χ2n) is 3.85. The van der Waals surface area contributed by atoms with Crippen molar-refractivity contribution in [2.75, 3.05) is 6.54 Å². The quantitative estimate of drug-likeness (QED) is 0.765. The molecule has 2 heterocycles. The molecule has 1 amide bonds. The first-order chi connectivity index (χ1) is 6.79. The smallest absolute Gasteiger partial charge is 0.223 e. The van der Waals surface area contributed by atoms with Crippen molar-refractivity contribution in [3.63, 3.8) is 0 Å². The SMILES string of the molecule is CC(c1ccc[nH]1)N1CCCCC1=O. The maximum atomic E-state index is 11.6. The lowest BCUT2D eigenvalue weighted by molar-refractivity contribution is -0.135. The summed E-state index contributed by atoms with van der Waals surface area (Å²) in [5.74, 6) is 0.290. The fourth-order valence-corrected chi connectivity index (χ4v) is 2.01. The Morgan fingerprint density at radius 3 is 3.00 bits per heavy atom. The first-order valence-electron chi connectivity index (χ1n) is 5.22. The Bertz CT molecular complexity index is 305. The van der Waals surface area contributed by atoms with E-state index in [1.54, 1.807) is 0 Å². The van der Waals surface area contributed by atoms with E-state index in [4.69, 9.17) is 0 Å². The Labute approximate surface area is 84.1 Å². The molecule has 1 aliphatic heterocycles. The number of carbonyl (C=O) groups is 1. The molecule has 1 fully saturated rings. The number of nitrogens with one attached hydrogen (secondary N) is 1. The zero-order valence-corrected chi connectivity index (χ0v) is 8.49. The van der Waals surface area contributed by atoms with E-state index in [0.717, 1.165) is 25.1 Å². The number of amides is 1. The number of hydrogen-bond donors (Lipinski definition) is 1. The van der Waals surface area contributed by atoms with Crippen LogP contribution in [0.4, 0.5) is 0 Å². The monoisotopic (exact) mass is 192 g/mol. The van der Waals surface area contributed by atoms with Crippen molar-refractivity contribution in [1.82, 2.24) is 9.88 Å². The summed E-state index contributed by atoms with van der Waals surface area (Å²) in [4.78, 5) is 16.8. The van der Waals surface area contributed by atoms with Crippen LogP contribution in [0.3, 0.4) is 0 Å². The van der Waals surface area contributed by atoms with Gasteiger partial charge in [0.2, 0.25) is 5.91 Å². The van der Waals surface area contributed by atoms with E-state index in [2.05, 4.69) is 11.9 Å². The molecule has 3 nitrogen and oxygen atoms in total. The maximum absolute atomic E-state index is 11.6. The van der Waals surface area contributed by atoms with Crippen LogP contribution in [0, 0.1) is 0 Å². The van der Waals surface area contributed by atoms with E-state index in [9.17, 15) is 4.79 Å². The van der Waals surface area contributed by atoms with Crippen LogP contribution in [0.25, 0.3) is 0 Å². The van der Waals surface area contributed by atoms with Crippen LogP contribution in [-0.4, -0.2) is 22.3 Å². The van der Waals surface area contributed by atoms with Gasteiger partial charge in [0.05, 0.1) is 6.04 Å². The highest BCUT2D eigenvalue weighted by Crippen LogP contribution is 2.23. The third kappa shape index (κ3) is 1.67. The number of H-pyrrole nitrogens is 1. The molecule has 0 saturated carbocycles. The molecule has 2 rings (SSSR count). The molecular formula is C11H16N2O. The Morgan fingerprint density at radius 2 is 2.36 bits per heavy atom. The molecule has 14 heavy (non-hydrogen) atoms. The van der Waals surface area contributed by atoms with Gasteiger partial charge < -0.3 is 9.88 Å². The molecule has 0 aliphatic carbocycles. The minimum atomic E-state index is 0.192. The summed E-state index contributed by atoms with van der Waals surface area (Å²) < 4.78 is 0. The van der Waals surface area contributed by atoms with Gasteiger partial charge >= 0.3 is 0 Å². The predicted molar refractivity (Wildman–Crippen MR) is 54.8 cm³/mol. The van der Waals surface area contributed by atoms with Gasteiger partial charge in [-0.3, -0.25) is 4.79 Å². The number of nitrogens with zero attached hydrogens (tertiary/aromatic N) is 1. The zero-order chi connectivity index (χ0) is 9.97. The molecule has 1 aliphatic rings. The van der Waals surface area contributed by atoms with Gasteiger partial charge in [0.1, 0.15) is 0 Å². The molecule has 1 saturated heterocycles. The third-order valence-electron chi connectivity index (χ3n) is 2.90. The lowest BCUT2D eigenvalue weighted by Gasteiger charge is -2.32. The number of hydrogen-bond acceptors (Lipinski definition) is 1. The molecule has 1 atom stereocenters. The molecule has 0 bridgehead atoms. The molecular weight excluding hydrogens is 176 g/mol. The van der Waals surface area contributed by atoms with Crippen molar-refractivity contribution >= 4 is 5.91 Å². The van der Waals surface area contributed by atoms with Gasteiger partial charge in [-0.15, -0.1) is 0 Å². The Kier molecular flexibility index (Phi) is 2.57. The van der Waals surface area contributed by atoms with Crippen LogP contribution in [0.2, 0.25) is 0 Å². The molecule has 1 unspecified atom stereocenters. The topological polar surface area (TPSA) is 36.1 Å². The summed E-state index contributed by atoms with van der Waals surface area (Å²) in [6, 6.07) is 4.20. The van der Waals surface area contributed by atoms with Crippen LogP contribution < -0.4 is 0 Å². The highest BCUT2D eigenvalue weighted by atomic mass is 16.2. The summed E-state index contributed by atoms with van der Waals surface area (Å²) in [5.41, 5.74) is 1.13. The average molecular weight is 192 g/mol. The van der Waals surface area contributed by atoms with Gasteiger partial charge in [-0.2, -0.15) is 0 Å². The van der Waals surface area contributed by atoms with Gasteiger partial charge in [-0.05, 0) is 31.9 Å². The highest BCUT2D eigenvalue weighted by molar-refractivity contribution is 5.77. The normalized spacial score (nSPS) is 19.8. The lowest BCUT2D eigenvalue weighted by atomic mass is 10.1. The standard InChI is InChI=1S/C11H16N2O/c1-9(10-5-4-7-12-10)13-8-3-2-6-11(13)14/h4-5,7,9,12H,2-3,6,8H2,1H3.